The van der Waals surface area contributed by atoms with Crippen LogP contribution in [-0.4, -0.2) is 29.9 Å². The fourth-order valence-electron chi connectivity index (χ4n) is 3.31. The van der Waals surface area contributed by atoms with E-state index in [-0.39, 0.29) is 5.91 Å². The Balaban J connectivity index is 1.62. The molecule has 2 aromatic carbocycles. The highest BCUT2D eigenvalue weighted by Crippen LogP contribution is 2.21. The third kappa shape index (κ3) is 3.80. The van der Waals surface area contributed by atoms with E-state index < -0.39 is 0 Å². The van der Waals surface area contributed by atoms with Crippen molar-refractivity contribution in [3.8, 4) is 0 Å². The van der Waals surface area contributed by atoms with Crippen LogP contribution in [0.5, 0.6) is 0 Å². The van der Waals surface area contributed by atoms with E-state index in [1.54, 1.807) is 12.1 Å². The van der Waals surface area contributed by atoms with Gasteiger partial charge in [0.2, 0.25) is 0 Å². The number of rotatable bonds is 5. The number of benzene rings is 2. The molecule has 126 valence electrons. The van der Waals surface area contributed by atoms with E-state index in [1.165, 1.54) is 11.1 Å². The molecule has 1 amide bonds. The van der Waals surface area contributed by atoms with E-state index >= 15 is 0 Å². The van der Waals surface area contributed by atoms with Gasteiger partial charge in [0.25, 0.3) is 5.91 Å². The molecule has 3 nitrogen and oxygen atoms in total. The van der Waals surface area contributed by atoms with Gasteiger partial charge in [-0.2, -0.15) is 0 Å². The second kappa shape index (κ2) is 7.82. The topological polar surface area (TPSA) is 32.3 Å². The number of carbonyl (C=O) groups excluding carboxylic acids is 1. The largest absolute Gasteiger partial charge is 0.350 e. The Kier molecular flexibility index (Phi) is 5.54. The summed E-state index contributed by atoms with van der Waals surface area (Å²) in [6.45, 7) is 4.81. The van der Waals surface area contributed by atoms with Crippen molar-refractivity contribution in [2.45, 2.75) is 32.4 Å². The van der Waals surface area contributed by atoms with E-state index in [1.807, 2.05) is 12.1 Å². The summed E-state index contributed by atoms with van der Waals surface area (Å²) < 4.78 is 0. The molecule has 0 aliphatic carbocycles. The predicted molar refractivity (Wildman–Crippen MR) is 98.4 cm³/mol. The summed E-state index contributed by atoms with van der Waals surface area (Å²) in [6.07, 6.45) is 2.08. The van der Waals surface area contributed by atoms with Crippen LogP contribution in [0.3, 0.4) is 0 Å². The van der Waals surface area contributed by atoms with Crippen molar-refractivity contribution < 1.29 is 4.79 Å². The number of hydrogen-bond acceptors (Lipinski definition) is 2. The van der Waals surface area contributed by atoms with Crippen molar-refractivity contribution in [3.05, 3.63) is 70.2 Å². The number of nitrogens with zero attached hydrogens (tertiary/aromatic N) is 1. The minimum atomic E-state index is -0.101. The van der Waals surface area contributed by atoms with Gasteiger partial charge in [0.15, 0.2) is 0 Å². The zero-order chi connectivity index (χ0) is 16.9. The lowest BCUT2D eigenvalue weighted by molar-refractivity contribution is 0.0926. The van der Waals surface area contributed by atoms with Crippen LogP contribution in [0, 0.1) is 0 Å². The molecule has 24 heavy (non-hydrogen) atoms. The summed E-state index contributed by atoms with van der Waals surface area (Å²) >= 11 is 6.10. The van der Waals surface area contributed by atoms with Crippen LogP contribution in [-0.2, 0) is 13.0 Å². The highest BCUT2D eigenvalue weighted by molar-refractivity contribution is 6.33. The Bertz CT molecular complexity index is 716. The molecule has 0 saturated carbocycles. The van der Waals surface area contributed by atoms with Crippen LogP contribution in [0.25, 0.3) is 0 Å². The molecule has 3 rings (SSSR count). The number of halogens is 1. The number of fused-ring (bicyclic) bond motifs is 1. The molecule has 2 aromatic rings. The predicted octanol–water partition coefficient (Wildman–Crippen LogP) is 3.91. The Hall–Kier alpha value is -1.84. The molecular weight excluding hydrogens is 320 g/mol. The van der Waals surface area contributed by atoms with Gasteiger partial charge in [-0.05, 0) is 36.1 Å². The standard InChI is InChI=1S/C20H23ClN2O/c1-2-17(13-22-20(24)18-9-5-6-10-19(18)21)23-12-11-15-7-3-4-8-16(15)14-23/h3-10,17H,2,11-14H2,1H3,(H,22,24)/t17-/m0/s1. The van der Waals surface area contributed by atoms with Gasteiger partial charge >= 0.3 is 0 Å². The Morgan fingerprint density at radius 3 is 2.62 bits per heavy atom. The van der Waals surface area contributed by atoms with Crippen LogP contribution in [0.2, 0.25) is 5.02 Å². The summed E-state index contributed by atoms with van der Waals surface area (Å²) in [5, 5.41) is 3.54. The quantitative estimate of drug-likeness (QED) is 0.893. The van der Waals surface area contributed by atoms with Gasteiger partial charge in [-0.1, -0.05) is 54.9 Å². The smallest absolute Gasteiger partial charge is 0.252 e. The number of carbonyl (C=O) groups is 1. The molecule has 0 spiro atoms. The molecule has 1 heterocycles. The van der Waals surface area contributed by atoms with Crippen molar-refractivity contribution in [1.29, 1.82) is 0 Å². The number of hydrogen-bond donors (Lipinski definition) is 1. The van der Waals surface area contributed by atoms with Crippen molar-refractivity contribution in [2.75, 3.05) is 13.1 Å². The van der Waals surface area contributed by atoms with E-state index in [0.29, 0.717) is 23.2 Å². The van der Waals surface area contributed by atoms with Crippen molar-refractivity contribution >= 4 is 17.5 Å². The van der Waals surface area contributed by atoms with E-state index in [2.05, 4.69) is 41.4 Å². The monoisotopic (exact) mass is 342 g/mol. The molecule has 0 unspecified atom stereocenters. The summed E-state index contributed by atoms with van der Waals surface area (Å²) in [6, 6.07) is 16.1. The maximum Gasteiger partial charge on any atom is 0.252 e. The van der Waals surface area contributed by atoms with Crippen LogP contribution in [0.15, 0.2) is 48.5 Å². The zero-order valence-corrected chi connectivity index (χ0v) is 14.7. The van der Waals surface area contributed by atoms with Gasteiger partial charge in [-0.15, -0.1) is 0 Å². The fourth-order valence-corrected chi connectivity index (χ4v) is 3.53. The summed E-state index contributed by atoms with van der Waals surface area (Å²) in [7, 11) is 0. The van der Waals surface area contributed by atoms with Gasteiger partial charge in [-0.25, -0.2) is 0 Å². The van der Waals surface area contributed by atoms with Gasteiger partial charge in [0.05, 0.1) is 10.6 Å². The highest BCUT2D eigenvalue weighted by atomic mass is 35.5. The van der Waals surface area contributed by atoms with Crippen LogP contribution < -0.4 is 5.32 Å². The van der Waals surface area contributed by atoms with E-state index in [0.717, 1.165) is 25.9 Å². The fraction of sp³-hybridized carbons (Fsp3) is 0.350. The normalized spacial score (nSPS) is 15.6. The van der Waals surface area contributed by atoms with Crippen molar-refractivity contribution in [3.63, 3.8) is 0 Å². The van der Waals surface area contributed by atoms with Crippen LogP contribution >= 0.6 is 11.6 Å². The molecule has 1 N–H and O–H groups in total. The Morgan fingerprint density at radius 1 is 1.17 bits per heavy atom. The Morgan fingerprint density at radius 2 is 1.88 bits per heavy atom. The zero-order valence-electron chi connectivity index (χ0n) is 14.0. The van der Waals surface area contributed by atoms with E-state index in [4.69, 9.17) is 11.6 Å². The maximum atomic E-state index is 12.4. The molecule has 0 fully saturated rings. The molecule has 1 aliphatic heterocycles. The molecule has 4 heteroatoms. The molecule has 0 saturated heterocycles. The lowest BCUT2D eigenvalue weighted by Gasteiger charge is -2.35. The third-order valence-electron chi connectivity index (χ3n) is 4.76. The van der Waals surface area contributed by atoms with E-state index in [9.17, 15) is 4.79 Å². The minimum Gasteiger partial charge on any atom is -0.350 e. The lowest BCUT2D eigenvalue weighted by Crippen LogP contribution is -2.45. The second-order valence-electron chi connectivity index (χ2n) is 6.24. The van der Waals surface area contributed by atoms with Crippen LogP contribution in [0.1, 0.15) is 34.8 Å². The molecular formula is C20H23ClN2O. The van der Waals surface area contributed by atoms with Crippen molar-refractivity contribution in [2.24, 2.45) is 0 Å². The van der Waals surface area contributed by atoms with Crippen molar-refractivity contribution in [1.82, 2.24) is 10.2 Å². The summed E-state index contributed by atoms with van der Waals surface area (Å²) in [5.41, 5.74) is 3.39. The highest BCUT2D eigenvalue weighted by Gasteiger charge is 2.23. The van der Waals surface area contributed by atoms with Gasteiger partial charge in [0.1, 0.15) is 0 Å². The average Bonchev–Trinajstić information content (AvgIpc) is 2.62. The van der Waals surface area contributed by atoms with Gasteiger partial charge < -0.3 is 5.32 Å². The first-order chi connectivity index (χ1) is 11.7. The lowest BCUT2D eigenvalue weighted by atomic mass is 9.98. The molecule has 0 aromatic heterocycles. The molecule has 0 bridgehead atoms. The second-order valence-corrected chi connectivity index (χ2v) is 6.65. The summed E-state index contributed by atoms with van der Waals surface area (Å²) in [4.78, 5) is 14.8. The first-order valence-corrected chi connectivity index (χ1v) is 8.90. The minimum absolute atomic E-state index is 0.101. The SMILES string of the molecule is CC[C@@H](CNC(=O)c1ccccc1Cl)N1CCc2ccccc2C1. The third-order valence-corrected chi connectivity index (χ3v) is 5.09. The van der Waals surface area contributed by atoms with Crippen LogP contribution in [0.4, 0.5) is 0 Å². The number of amides is 1. The Labute approximate surface area is 148 Å². The van der Waals surface area contributed by atoms with Gasteiger partial charge in [-0.3, -0.25) is 9.69 Å². The maximum absolute atomic E-state index is 12.4. The first kappa shape index (κ1) is 17.0. The summed E-state index contributed by atoms with van der Waals surface area (Å²) in [5.74, 6) is -0.101. The molecule has 1 atom stereocenters. The first-order valence-electron chi connectivity index (χ1n) is 8.52. The van der Waals surface area contributed by atoms with Gasteiger partial charge in [0, 0.05) is 25.7 Å². The molecule has 0 radical (unpaired) electrons. The number of nitrogens with one attached hydrogen (secondary N) is 1. The molecule has 1 aliphatic rings. The average molecular weight is 343 g/mol.